The van der Waals surface area contributed by atoms with Crippen molar-refractivity contribution in [3.63, 3.8) is 0 Å². The maximum absolute atomic E-state index is 11.6. The Hall–Kier alpha value is -0.860. The molecule has 1 amide bonds. The van der Waals surface area contributed by atoms with Crippen LogP contribution < -0.4 is 5.32 Å². The van der Waals surface area contributed by atoms with Crippen molar-refractivity contribution in [3.05, 3.63) is 0 Å². The fourth-order valence-corrected chi connectivity index (χ4v) is 1.37. The Morgan fingerprint density at radius 3 is 2.42 bits per heavy atom. The van der Waals surface area contributed by atoms with Gasteiger partial charge in [0.1, 0.15) is 0 Å². The van der Waals surface area contributed by atoms with E-state index in [0.29, 0.717) is 13.0 Å². The number of hydrogen-bond acceptors (Lipinski definition) is 2. The number of rotatable bonds is 1. The van der Waals surface area contributed by atoms with Crippen LogP contribution in [0.4, 0.5) is 0 Å². The summed E-state index contributed by atoms with van der Waals surface area (Å²) in [7, 11) is 0. The van der Waals surface area contributed by atoms with Gasteiger partial charge in [-0.3, -0.25) is 9.59 Å². The fraction of sp³-hybridized carbons (Fsp3) is 0.778. The van der Waals surface area contributed by atoms with Gasteiger partial charge in [0, 0.05) is 12.0 Å². The number of hydrogen-bond donors (Lipinski definition) is 1. The number of ketones is 1. The molecule has 0 spiro atoms. The van der Waals surface area contributed by atoms with Gasteiger partial charge in [0.05, 0.1) is 5.92 Å². The third-order valence-corrected chi connectivity index (χ3v) is 2.10. The molecule has 1 aliphatic heterocycles. The highest BCUT2D eigenvalue weighted by Gasteiger charge is 2.36. The number of amides is 1. The van der Waals surface area contributed by atoms with Gasteiger partial charge < -0.3 is 5.32 Å². The number of carbonyl (C=O) groups is 2. The van der Waals surface area contributed by atoms with E-state index in [0.717, 1.165) is 0 Å². The summed E-state index contributed by atoms with van der Waals surface area (Å²) in [4.78, 5) is 22.7. The second-order valence-electron chi connectivity index (χ2n) is 4.25. The van der Waals surface area contributed by atoms with E-state index in [1.165, 1.54) is 0 Å². The number of Topliss-reactive ketones (excluding diaryl/α,β-unsaturated/α-hetero) is 1. The first-order chi connectivity index (χ1) is 5.43. The van der Waals surface area contributed by atoms with Crippen LogP contribution in [0.25, 0.3) is 0 Å². The molecule has 12 heavy (non-hydrogen) atoms. The smallest absolute Gasteiger partial charge is 0.230 e. The highest BCUT2D eigenvalue weighted by Crippen LogP contribution is 2.24. The molecule has 0 aliphatic carbocycles. The summed E-state index contributed by atoms with van der Waals surface area (Å²) in [6.45, 7) is 6.19. The van der Waals surface area contributed by atoms with E-state index in [-0.39, 0.29) is 11.7 Å². The minimum atomic E-state index is -0.398. The standard InChI is InChI=1S/C9H15NO2/c1-9(2,3)7(11)6-4-5-10-8(6)12/h6H,4-5H2,1-3H3,(H,10,12)/t6-/m1/s1. The van der Waals surface area contributed by atoms with Gasteiger partial charge in [0.25, 0.3) is 0 Å². The van der Waals surface area contributed by atoms with Gasteiger partial charge in [-0.2, -0.15) is 0 Å². The Bertz CT molecular complexity index is 215. The molecule has 3 heteroatoms. The van der Waals surface area contributed by atoms with Crippen molar-refractivity contribution in [1.82, 2.24) is 5.32 Å². The largest absolute Gasteiger partial charge is 0.355 e. The Morgan fingerprint density at radius 1 is 1.50 bits per heavy atom. The molecule has 0 aromatic carbocycles. The third kappa shape index (κ3) is 1.65. The van der Waals surface area contributed by atoms with Gasteiger partial charge >= 0.3 is 0 Å². The molecule has 68 valence electrons. The van der Waals surface area contributed by atoms with E-state index in [9.17, 15) is 9.59 Å². The van der Waals surface area contributed by atoms with Crippen LogP contribution in [0.15, 0.2) is 0 Å². The normalized spacial score (nSPS) is 23.9. The van der Waals surface area contributed by atoms with E-state index >= 15 is 0 Å². The van der Waals surface area contributed by atoms with Crippen LogP contribution in [0.5, 0.6) is 0 Å². The molecule has 1 heterocycles. The average Bonchev–Trinajstić information content (AvgIpc) is 2.31. The third-order valence-electron chi connectivity index (χ3n) is 2.10. The maximum Gasteiger partial charge on any atom is 0.230 e. The average molecular weight is 169 g/mol. The Morgan fingerprint density at radius 2 is 2.08 bits per heavy atom. The first-order valence-corrected chi connectivity index (χ1v) is 4.25. The monoisotopic (exact) mass is 169 g/mol. The lowest BCUT2D eigenvalue weighted by Crippen LogP contribution is -2.33. The Kier molecular flexibility index (Phi) is 2.22. The first kappa shape index (κ1) is 9.23. The molecule has 0 unspecified atom stereocenters. The molecular weight excluding hydrogens is 154 g/mol. The molecule has 1 aliphatic rings. The van der Waals surface area contributed by atoms with E-state index in [2.05, 4.69) is 5.32 Å². The lowest BCUT2D eigenvalue weighted by Gasteiger charge is -2.19. The van der Waals surface area contributed by atoms with Gasteiger partial charge in [-0.25, -0.2) is 0 Å². The fourth-order valence-electron chi connectivity index (χ4n) is 1.37. The van der Waals surface area contributed by atoms with Crippen LogP contribution >= 0.6 is 0 Å². The minimum absolute atomic E-state index is 0.0532. The Balaban J connectivity index is 2.71. The topological polar surface area (TPSA) is 46.2 Å². The molecule has 0 radical (unpaired) electrons. The van der Waals surface area contributed by atoms with Gasteiger partial charge in [-0.05, 0) is 6.42 Å². The molecule has 1 fully saturated rings. The van der Waals surface area contributed by atoms with Crippen LogP contribution in [0, 0.1) is 11.3 Å². The van der Waals surface area contributed by atoms with E-state index in [4.69, 9.17) is 0 Å². The second-order valence-corrected chi connectivity index (χ2v) is 4.25. The van der Waals surface area contributed by atoms with Crippen LogP contribution in [-0.4, -0.2) is 18.2 Å². The summed E-state index contributed by atoms with van der Waals surface area (Å²) >= 11 is 0. The molecular formula is C9H15NO2. The minimum Gasteiger partial charge on any atom is -0.355 e. The number of carbonyl (C=O) groups excluding carboxylic acids is 2. The summed E-state index contributed by atoms with van der Waals surface area (Å²) < 4.78 is 0. The van der Waals surface area contributed by atoms with Gasteiger partial charge in [0.15, 0.2) is 5.78 Å². The quantitative estimate of drug-likeness (QED) is 0.588. The highest BCUT2D eigenvalue weighted by atomic mass is 16.2. The van der Waals surface area contributed by atoms with E-state index in [1.807, 2.05) is 20.8 Å². The SMILES string of the molecule is CC(C)(C)C(=O)[C@H]1CCNC1=O. The summed E-state index contributed by atoms with van der Waals surface area (Å²) in [6, 6.07) is 0. The molecule has 1 N–H and O–H groups in total. The van der Waals surface area contributed by atoms with Gasteiger partial charge in [-0.15, -0.1) is 0 Å². The predicted octanol–water partition coefficient (Wildman–Crippen LogP) is 0.738. The summed E-state index contributed by atoms with van der Waals surface area (Å²) in [6.07, 6.45) is 0.662. The van der Waals surface area contributed by atoms with Crippen LogP contribution in [0.2, 0.25) is 0 Å². The van der Waals surface area contributed by atoms with Crippen molar-refractivity contribution in [2.75, 3.05) is 6.54 Å². The maximum atomic E-state index is 11.6. The zero-order chi connectivity index (χ0) is 9.35. The van der Waals surface area contributed by atoms with Crippen LogP contribution in [0.3, 0.4) is 0 Å². The predicted molar refractivity (Wildman–Crippen MR) is 45.6 cm³/mol. The van der Waals surface area contributed by atoms with Crippen molar-refractivity contribution >= 4 is 11.7 Å². The van der Waals surface area contributed by atoms with Crippen LogP contribution in [-0.2, 0) is 9.59 Å². The molecule has 0 saturated carbocycles. The molecule has 1 atom stereocenters. The number of nitrogens with one attached hydrogen (secondary N) is 1. The molecule has 3 nitrogen and oxygen atoms in total. The molecule has 1 saturated heterocycles. The van der Waals surface area contributed by atoms with E-state index < -0.39 is 11.3 Å². The van der Waals surface area contributed by atoms with Gasteiger partial charge in [0.2, 0.25) is 5.91 Å². The summed E-state index contributed by atoms with van der Waals surface area (Å²) in [5.41, 5.74) is -0.396. The molecule has 0 aromatic rings. The van der Waals surface area contributed by atoms with E-state index in [1.54, 1.807) is 0 Å². The Labute approximate surface area is 72.5 Å². The van der Waals surface area contributed by atoms with Crippen molar-refractivity contribution in [2.24, 2.45) is 11.3 Å². The van der Waals surface area contributed by atoms with Crippen LogP contribution in [0.1, 0.15) is 27.2 Å². The van der Waals surface area contributed by atoms with Crippen molar-refractivity contribution in [3.8, 4) is 0 Å². The van der Waals surface area contributed by atoms with Gasteiger partial charge in [-0.1, -0.05) is 20.8 Å². The van der Waals surface area contributed by atoms with Crippen molar-refractivity contribution in [2.45, 2.75) is 27.2 Å². The summed E-state index contributed by atoms with van der Waals surface area (Å²) in [5.74, 6) is -0.447. The molecule has 0 bridgehead atoms. The lowest BCUT2D eigenvalue weighted by molar-refractivity contribution is -0.136. The zero-order valence-corrected chi connectivity index (χ0v) is 7.81. The molecule has 0 aromatic heterocycles. The van der Waals surface area contributed by atoms with Crippen molar-refractivity contribution < 1.29 is 9.59 Å². The zero-order valence-electron chi connectivity index (χ0n) is 7.81. The van der Waals surface area contributed by atoms with Crippen molar-refractivity contribution in [1.29, 1.82) is 0 Å². The molecule has 1 rings (SSSR count). The second kappa shape index (κ2) is 2.88. The lowest BCUT2D eigenvalue weighted by atomic mass is 9.82. The summed E-state index contributed by atoms with van der Waals surface area (Å²) in [5, 5.41) is 2.66. The highest BCUT2D eigenvalue weighted by molar-refractivity contribution is 6.04. The first-order valence-electron chi connectivity index (χ1n) is 4.25.